The van der Waals surface area contributed by atoms with E-state index < -0.39 is 14.8 Å². The normalized spacial score (nSPS) is 15.1. The van der Waals surface area contributed by atoms with Gasteiger partial charge in [-0.15, -0.1) is 0 Å². The largest absolute Gasteiger partial charge is 0.369 e. The van der Waals surface area contributed by atoms with E-state index in [0.717, 1.165) is 11.9 Å². The minimum Gasteiger partial charge on any atom is -0.369 e. The number of sulfone groups is 1. The van der Waals surface area contributed by atoms with E-state index in [0.29, 0.717) is 41.5 Å². The number of hydrogen-bond acceptors (Lipinski definition) is 9. The maximum absolute atomic E-state index is 12.5. The lowest BCUT2D eigenvalue weighted by atomic mass is 10.2. The van der Waals surface area contributed by atoms with Crippen LogP contribution >= 0.6 is 11.3 Å². The van der Waals surface area contributed by atoms with E-state index in [2.05, 4.69) is 15.2 Å². The Balaban J connectivity index is 1.32. The number of amides is 1. The van der Waals surface area contributed by atoms with Gasteiger partial charge in [-0.1, -0.05) is 11.3 Å². The van der Waals surface area contributed by atoms with Gasteiger partial charge in [-0.25, -0.2) is 13.4 Å². The third-order valence-electron chi connectivity index (χ3n) is 5.20. The van der Waals surface area contributed by atoms with Crippen LogP contribution in [0.4, 0.5) is 16.5 Å². The lowest BCUT2D eigenvalue weighted by Crippen LogP contribution is -2.48. The van der Waals surface area contributed by atoms with E-state index in [1.165, 1.54) is 29.5 Å². The number of nitro benzene ring substituents is 1. The second kappa shape index (κ2) is 8.81. The van der Waals surface area contributed by atoms with Gasteiger partial charge in [0.2, 0.25) is 5.91 Å². The fraction of sp³-hybridized carbons (Fsp3) is 0.300. The van der Waals surface area contributed by atoms with Gasteiger partial charge in [0.1, 0.15) is 0 Å². The highest BCUT2D eigenvalue weighted by Crippen LogP contribution is 2.28. The van der Waals surface area contributed by atoms with Crippen molar-refractivity contribution in [3.8, 4) is 0 Å². The van der Waals surface area contributed by atoms with Crippen molar-refractivity contribution < 1.29 is 18.1 Å². The number of rotatable bonds is 6. The molecule has 2 aromatic carbocycles. The second-order valence-corrected chi connectivity index (χ2v) is 10.6. The Morgan fingerprint density at radius 2 is 1.84 bits per heavy atom. The zero-order valence-corrected chi connectivity index (χ0v) is 18.9. The molecule has 1 aliphatic heterocycles. The van der Waals surface area contributed by atoms with Crippen LogP contribution in [0.15, 0.2) is 47.4 Å². The SMILES string of the molecule is CS(=O)(=O)c1ccc2nc(NC(=O)CN3CCN(c4ccc([N+](=O)[O-])cc4)CC3)sc2c1. The summed E-state index contributed by atoms with van der Waals surface area (Å²) >= 11 is 1.24. The summed E-state index contributed by atoms with van der Waals surface area (Å²) in [5, 5.41) is 14.0. The van der Waals surface area contributed by atoms with Crippen LogP contribution in [0.25, 0.3) is 10.2 Å². The maximum Gasteiger partial charge on any atom is 0.269 e. The molecule has 1 aromatic heterocycles. The summed E-state index contributed by atoms with van der Waals surface area (Å²) in [5.41, 5.74) is 1.61. The number of nitro groups is 1. The molecule has 1 N–H and O–H groups in total. The Bertz CT molecular complexity index is 1270. The van der Waals surface area contributed by atoms with Crippen molar-refractivity contribution in [3.05, 3.63) is 52.6 Å². The van der Waals surface area contributed by atoms with Gasteiger partial charge in [0.25, 0.3) is 5.69 Å². The molecular weight excluding hydrogens is 454 g/mol. The Morgan fingerprint density at radius 3 is 2.47 bits per heavy atom. The van der Waals surface area contributed by atoms with Gasteiger partial charge in [-0.05, 0) is 30.3 Å². The zero-order valence-electron chi connectivity index (χ0n) is 17.2. The number of thiazole rings is 1. The molecule has 10 nitrogen and oxygen atoms in total. The smallest absolute Gasteiger partial charge is 0.269 e. The Kier molecular flexibility index (Phi) is 6.09. The molecule has 0 saturated carbocycles. The van der Waals surface area contributed by atoms with Crippen molar-refractivity contribution in [3.63, 3.8) is 0 Å². The number of nitrogens with zero attached hydrogens (tertiary/aromatic N) is 4. The summed E-state index contributed by atoms with van der Waals surface area (Å²) in [6, 6.07) is 11.2. The predicted molar refractivity (Wildman–Crippen MR) is 123 cm³/mol. The number of piperazine rings is 1. The third-order valence-corrected chi connectivity index (χ3v) is 7.24. The highest BCUT2D eigenvalue weighted by Gasteiger charge is 2.20. The van der Waals surface area contributed by atoms with E-state index in [4.69, 9.17) is 0 Å². The van der Waals surface area contributed by atoms with Crippen molar-refractivity contribution in [2.24, 2.45) is 0 Å². The first-order chi connectivity index (χ1) is 15.2. The monoisotopic (exact) mass is 475 g/mol. The predicted octanol–water partition coefficient (Wildman–Crippen LogP) is 2.37. The molecule has 0 spiro atoms. The van der Waals surface area contributed by atoms with Crippen LogP contribution in [0, 0.1) is 10.1 Å². The average Bonchev–Trinajstić information content (AvgIpc) is 3.15. The molecule has 12 heteroatoms. The number of nitrogens with one attached hydrogen (secondary N) is 1. The minimum atomic E-state index is -3.31. The number of aromatic nitrogens is 1. The summed E-state index contributed by atoms with van der Waals surface area (Å²) in [6.07, 6.45) is 1.15. The van der Waals surface area contributed by atoms with Gasteiger partial charge in [-0.3, -0.25) is 19.8 Å². The number of carbonyl (C=O) groups excluding carboxylic acids is 1. The Morgan fingerprint density at radius 1 is 1.16 bits per heavy atom. The van der Waals surface area contributed by atoms with Crippen molar-refractivity contribution in [2.45, 2.75) is 4.90 Å². The molecule has 2 heterocycles. The van der Waals surface area contributed by atoms with Crippen LogP contribution in [0.5, 0.6) is 0 Å². The summed E-state index contributed by atoms with van der Waals surface area (Å²) in [4.78, 5) is 31.6. The highest BCUT2D eigenvalue weighted by molar-refractivity contribution is 7.90. The molecule has 4 rings (SSSR count). The summed E-state index contributed by atoms with van der Waals surface area (Å²) in [6.45, 7) is 3.00. The van der Waals surface area contributed by atoms with E-state index in [1.807, 2.05) is 4.90 Å². The fourth-order valence-electron chi connectivity index (χ4n) is 3.50. The Hall–Kier alpha value is -3.09. The van der Waals surface area contributed by atoms with E-state index >= 15 is 0 Å². The van der Waals surface area contributed by atoms with E-state index in [9.17, 15) is 23.3 Å². The average molecular weight is 476 g/mol. The van der Waals surface area contributed by atoms with Crippen LogP contribution in [0.3, 0.4) is 0 Å². The van der Waals surface area contributed by atoms with Gasteiger partial charge in [0.05, 0.1) is 26.6 Å². The van der Waals surface area contributed by atoms with Crippen LogP contribution in [0.2, 0.25) is 0 Å². The number of benzene rings is 2. The molecule has 1 aliphatic rings. The van der Waals surface area contributed by atoms with Crippen LogP contribution in [0.1, 0.15) is 0 Å². The molecule has 0 atom stereocenters. The molecule has 1 fully saturated rings. The van der Waals surface area contributed by atoms with Crippen molar-refractivity contribution in [1.82, 2.24) is 9.88 Å². The molecule has 0 bridgehead atoms. The van der Waals surface area contributed by atoms with Crippen LogP contribution in [-0.4, -0.2) is 68.1 Å². The first-order valence-electron chi connectivity index (χ1n) is 9.81. The van der Waals surface area contributed by atoms with Gasteiger partial charge in [-0.2, -0.15) is 0 Å². The molecule has 168 valence electrons. The first-order valence-corrected chi connectivity index (χ1v) is 12.5. The van der Waals surface area contributed by atoms with Crippen LogP contribution in [-0.2, 0) is 14.6 Å². The number of hydrogen-bond donors (Lipinski definition) is 1. The van der Waals surface area contributed by atoms with Crippen molar-refractivity contribution >= 4 is 53.8 Å². The summed E-state index contributed by atoms with van der Waals surface area (Å²) in [5.74, 6) is -0.184. The lowest BCUT2D eigenvalue weighted by molar-refractivity contribution is -0.384. The third kappa shape index (κ3) is 5.03. The van der Waals surface area contributed by atoms with Gasteiger partial charge in [0, 0.05) is 50.3 Å². The molecule has 0 radical (unpaired) electrons. The first kappa shape index (κ1) is 22.1. The molecule has 0 unspecified atom stereocenters. The number of carbonyl (C=O) groups is 1. The lowest BCUT2D eigenvalue weighted by Gasteiger charge is -2.35. The molecule has 1 amide bonds. The van der Waals surface area contributed by atoms with Crippen molar-refractivity contribution in [1.29, 1.82) is 0 Å². The standard InChI is InChI=1S/C20H21N5O5S2/c1-32(29,30)16-6-7-17-18(12-16)31-20(21-17)22-19(26)13-23-8-10-24(11-9-23)14-2-4-15(5-3-14)25(27)28/h2-7,12H,8-11,13H2,1H3,(H,21,22,26). The molecular formula is C20H21N5O5S2. The van der Waals surface area contributed by atoms with E-state index in [1.54, 1.807) is 24.3 Å². The highest BCUT2D eigenvalue weighted by atomic mass is 32.2. The second-order valence-electron chi connectivity index (χ2n) is 7.51. The molecule has 0 aliphatic carbocycles. The summed E-state index contributed by atoms with van der Waals surface area (Å²) < 4.78 is 24.1. The molecule has 1 saturated heterocycles. The van der Waals surface area contributed by atoms with Gasteiger partial charge in [0.15, 0.2) is 15.0 Å². The minimum absolute atomic E-state index is 0.0615. The van der Waals surface area contributed by atoms with Gasteiger partial charge < -0.3 is 10.2 Å². The van der Waals surface area contributed by atoms with Crippen molar-refractivity contribution in [2.75, 3.05) is 49.2 Å². The quantitative estimate of drug-likeness (QED) is 0.425. The Labute approximate surface area is 188 Å². The van der Waals surface area contributed by atoms with E-state index in [-0.39, 0.29) is 23.0 Å². The number of anilines is 2. The zero-order chi connectivity index (χ0) is 22.9. The molecule has 3 aromatic rings. The topological polar surface area (TPSA) is 126 Å². The van der Waals surface area contributed by atoms with Crippen LogP contribution < -0.4 is 10.2 Å². The molecule has 32 heavy (non-hydrogen) atoms. The number of non-ortho nitro benzene ring substituents is 1. The fourth-order valence-corrected chi connectivity index (χ4v) is 5.14. The van der Waals surface area contributed by atoms with Gasteiger partial charge >= 0.3 is 0 Å². The number of fused-ring (bicyclic) bond motifs is 1. The summed E-state index contributed by atoms with van der Waals surface area (Å²) in [7, 11) is -3.31. The maximum atomic E-state index is 12.5.